The van der Waals surface area contributed by atoms with Gasteiger partial charge in [-0.05, 0) is 25.1 Å². The molecular weight excluding hydrogens is 336 g/mol. The third-order valence-electron chi connectivity index (χ3n) is 4.35. The molecule has 0 atom stereocenters. The van der Waals surface area contributed by atoms with E-state index in [1.54, 1.807) is 29.1 Å². The fraction of sp³-hybridized carbons (Fsp3) is 0.333. The first-order chi connectivity index (χ1) is 12.2. The van der Waals surface area contributed by atoms with E-state index >= 15 is 0 Å². The highest BCUT2D eigenvalue weighted by Crippen LogP contribution is 2.22. The highest BCUT2D eigenvalue weighted by molar-refractivity contribution is 7.16. The first kappa shape index (κ1) is 16.0. The van der Waals surface area contributed by atoms with Crippen LogP contribution in [0.15, 0.2) is 36.0 Å². The van der Waals surface area contributed by atoms with Gasteiger partial charge in [-0.25, -0.2) is 9.97 Å². The highest BCUT2D eigenvalue weighted by Gasteiger charge is 2.25. The SMILES string of the molecule is Cc1nccc(OC2CCN(C(=O)c3ccc4ncsc4c3)CC2)n1. The summed E-state index contributed by atoms with van der Waals surface area (Å²) in [6.07, 6.45) is 3.39. The molecule has 0 bridgehead atoms. The molecule has 3 aromatic rings. The zero-order chi connectivity index (χ0) is 17.2. The number of likely N-dealkylation sites (tertiary alicyclic amines) is 1. The second-order valence-corrected chi connectivity index (χ2v) is 6.97. The molecule has 0 aliphatic carbocycles. The van der Waals surface area contributed by atoms with Crippen LogP contribution in [-0.4, -0.2) is 45.0 Å². The molecule has 1 amide bonds. The topological polar surface area (TPSA) is 68.2 Å². The van der Waals surface area contributed by atoms with Crippen molar-refractivity contribution in [2.24, 2.45) is 0 Å². The lowest BCUT2D eigenvalue weighted by atomic mass is 10.1. The quantitative estimate of drug-likeness (QED) is 0.723. The van der Waals surface area contributed by atoms with E-state index < -0.39 is 0 Å². The van der Waals surface area contributed by atoms with E-state index in [2.05, 4.69) is 15.0 Å². The van der Waals surface area contributed by atoms with Gasteiger partial charge >= 0.3 is 0 Å². The minimum Gasteiger partial charge on any atom is -0.474 e. The molecule has 1 aliphatic rings. The fourth-order valence-corrected chi connectivity index (χ4v) is 3.73. The van der Waals surface area contributed by atoms with Crippen molar-refractivity contribution < 1.29 is 9.53 Å². The minimum absolute atomic E-state index is 0.0756. The van der Waals surface area contributed by atoms with Crippen LogP contribution in [0.1, 0.15) is 29.0 Å². The maximum absolute atomic E-state index is 12.7. The van der Waals surface area contributed by atoms with Crippen LogP contribution in [0.4, 0.5) is 0 Å². The van der Waals surface area contributed by atoms with Crippen molar-refractivity contribution in [3.05, 3.63) is 47.4 Å². The van der Waals surface area contributed by atoms with Crippen LogP contribution in [0.25, 0.3) is 10.2 Å². The molecular formula is C18H18N4O2S. The number of fused-ring (bicyclic) bond motifs is 1. The van der Waals surface area contributed by atoms with E-state index in [1.165, 1.54) is 0 Å². The van der Waals surface area contributed by atoms with Crippen LogP contribution in [0.3, 0.4) is 0 Å². The molecule has 1 aliphatic heterocycles. The largest absolute Gasteiger partial charge is 0.474 e. The number of aryl methyl sites for hydroxylation is 1. The summed E-state index contributed by atoms with van der Waals surface area (Å²) >= 11 is 1.55. The molecule has 25 heavy (non-hydrogen) atoms. The van der Waals surface area contributed by atoms with E-state index in [-0.39, 0.29) is 12.0 Å². The molecule has 0 saturated carbocycles. The monoisotopic (exact) mass is 354 g/mol. The highest BCUT2D eigenvalue weighted by atomic mass is 32.1. The molecule has 3 heterocycles. The van der Waals surface area contributed by atoms with Gasteiger partial charge in [-0.3, -0.25) is 4.79 Å². The number of piperidine rings is 1. The standard InChI is InChI=1S/C18H18N4O2S/c1-12-19-7-4-17(21-12)24-14-5-8-22(9-6-14)18(23)13-2-3-15-16(10-13)25-11-20-15/h2-4,7,10-11,14H,5-6,8-9H2,1H3. The number of amides is 1. The fourth-order valence-electron chi connectivity index (χ4n) is 3.02. The minimum atomic E-state index is 0.0756. The number of carbonyl (C=O) groups is 1. The molecule has 6 nitrogen and oxygen atoms in total. The van der Waals surface area contributed by atoms with Gasteiger partial charge in [0.05, 0.1) is 15.7 Å². The number of nitrogens with zero attached hydrogens (tertiary/aromatic N) is 4. The van der Waals surface area contributed by atoms with E-state index in [4.69, 9.17) is 4.74 Å². The van der Waals surface area contributed by atoms with Crippen molar-refractivity contribution >= 4 is 27.5 Å². The number of benzene rings is 1. The smallest absolute Gasteiger partial charge is 0.253 e. The average Bonchev–Trinajstić information content (AvgIpc) is 3.09. The van der Waals surface area contributed by atoms with Gasteiger partial charge in [0.25, 0.3) is 5.91 Å². The Labute approximate surface area is 149 Å². The van der Waals surface area contributed by atoms with Crippen LogP contribution < -0.4 is 4.74 Å². The number of hydrogen-bond donors (Lipinski definition) is 0. The maximum atomic E-state index is 12.7. The Morgan fingerprint density at radius 1 is 1.24 bits per heavy atom. The van der Waals surface area contributed by atoms with Crippen molar-refractivity contribution in [3.8, 4) is 5.88 Å². The Kier molecular flexibility index (Phi) is 4.31. The van der Waals surface area contributed by atoms with Crippen molar-refractivity contribution in [1.82, 2.24) is 19.9 Å². The van der Waals surface area contributed by atoms with Crippen molar-refractivity contribution in [1.29, 1.82) is 0 Å². The normalized spacial score (nSPS) is 15.5. The number of rotatable bonds is 3. The molecule has 4 rings (SSSR count). The third kappa shape index (κ3) is 3.46. The summed E-state index contributed by atoms with van der Waals surface area (Å²) in [5, 5.41) is 0. The summed E-state index contributed by atoms with van der Waals surface area (Å²) in [6.45, 7) is 3.22. The van der Waals surface area contributed by atoms with Gasteiger partial charge < -0.3 is 9.64 Å². The lowest BCUT2D eigenvalue weighted by Crippen LogP contribution is -2.41. The molecule has 0 spiro atoms. The van der Waals surface area contributed by atoms with Gasteiger partial charge in [0.2, 0.25) is 5.88 Å². The van der Waals surface area contributed by atoms with Crippen molar-refractivity contribution in [2.75, 3.05) is 13.1 Å². The predicted octanol–water partition coefficient (Wildman–Crippen LogP) is 3.08. The number of aromatic nitrogens is 3. The van der Waals surface area contributed by atoms with Crippen molar-refractivity contribution in [3.63, 3.8) is 0 Å². The zero-order valence-electron chi connectivity index (χ0n) is 13.9. The van der Waals surface area contributed by atoms with Gasteiger partial charge in [-0.1, -0.05) is 0 Å². The Hall–Kier alpha value is -2.54. The molecule has 128 valence electrons. The lowest BCUT2D eigenvalue weighted by Gasteiger charge is -2.32. The van der Waals surface area contributed by atoms with Crippen molar-refractivity contribution in [2.45, 2.75) is 25.9 Å². The third-order valence-corrected chi connectivity index (χ3v) is 5.14. The number of ether oxygens (including phenoxy) is 1. The molecule has 1 saturated heterocycles. The number of carbonyl (C=O) groups excluding carboxylic acids is 1. The summed E-state index contributed by atoms with van der Waals surface area (Å²) in [5.74, 6) is 1.38. The Morgan fingerprint density at radius 2 is 2.08 bits per heavy atom. The van der Waals surface area contributed by atoms with E-state index in [1.807, 2.05) is 30.0 Å². The first-order valence-electron chi connectivity index (χ1n) is 8.28. The molecule has 0 N–H and O–H groups in total. The molecule has 0 radical (unpaired) electrons. The Morgan fingerprint density at radius 3 is 2.88 bits per heavy atom. The van der Waals surface area contributed by atoms with Gasteiger partial charge in [-0.15, -0.1) is 11.3 Å². The Balaban J connectivity index is 1.38. The maximum Gasteiger partial charge on any atom is 0.253 e. The van der Waals surface area contributed by atoms with Gasteiger partial charge in [-0.2, -0.15) is 4.98 Å². The predicted molar refractivity (Wildman–Crippen MR) is 95.9 cm³/mol. The summed E-state index contributed by atoms with van der Waals surface area (Å²) in [4.78, 5) is 27.2. The second kappa shape index (κ2) is 6.76. The molecule has 2 aromatic heterocycles. The second-order valence-electron chi connectivity index (χ2n) is 6.09. The van der Waals surface area contributed by atoms with Crippen LogP contribution in [0.2, 0.25) is 0 Å². The Bertz CT molecular complexity index is 903. The van der Waals surface area contributed by atoms with Crippen LogP contribution in [-0.2, 0) is 0 Å². The van der Waals surface area contributed by atoms with E-state index in [0.717, 1.165) is 28.6 Å². The van der Waals surface area contributed by atoms with Gasteiger partial charge in [0.1, 0.15) is 11.9 Å². The van der Waals surface area contributed by atoms with Gasteiger partial charge in [0, 0.05) is 43.8 Å². The number of hydrogen-bond acceptors (Lipinski definition) is 6. The summed E-state index contributed by atoms with van der Waals surface area (Å²) in [7, 11) is 0. The molecule has 7 heteroatoms. The summed E-state index contributed by atoms with van der Waals surface area (Å²) in [6, 6.07) is 7.47. The lowest BCUT2D eigenvalue weighted by molar-refractivity contribution is 0.0587. The summed E-state index contributed by atoms with van der Waals surface area (Å²) < 4.78 is 6.97. The van der Waals surface area contributed by atoms with E-state index in [0.29, 0.717) is 24.8 Å². The zero-order valence-corrected chi connectivity index (χ0v) is 14.7. The number of thiazole rings is 1. The molecule has 1 fully saturated rings. The molecule has 1 aromatic carbocycles. The average molecular weight is 354 g/mol. The van der Waals surface area contributed by atoms with Crippen LogP contribution in [0.5, 0.6) is 5.88 Å². The summed E-state index contributed by atoms with van der Waals surface area (Å²) in [5.41, 5.74) is 3.47. The van der Waals surface area contributed by atoms with E-state index in [9.17, 15) is 4.79 Å². The molecule has 0 unspecified atom stereocenters. The van der Waals surface area contributed by atoms with Crippen LogP contribution in [0, 0.1) is 6.92 Å². The first-order valence-corrected chi connectivity index (χ1v) is 9.16. The van der Waals surface area contributed by atoms with Gasteiger partial charge in [0.15, 0.2) is 0 Å². The van der Waals surface area contributed by atoms with Crippen LogP contribution >= 0.6 is 11.3 Å².